The van der Waals surface area contributed by atoms with Crippen LogP contribution < -0.4 is 10.2 Å². The zero-order valence-electron chi connectivity index (χ0n) is 13.4. The number of nitrogens with one attached hydrogen (secondary N) is 1. The van der Waals surface area contributed by atoms with Crippen molar-refractivity contribution in [3.05, 3.63) is 47.9 Å². The third-order valence-electron chi connectivity index (χ3n) is 3.97. The van der Waals surface area contributed by atoms with E-state index in [1.807, 2.05) is 19.1 Å². The topological polar surface area (TPSA) is 44.3 Å². The van der Waals surface area contributed by atoms with Gasteiger partial charge in [-0.25, -0.2) is 9.37 Å². The molecule has 1 aliphatic heterocycles. The number of rotatable bonds is 5. The number of halogens is 1. The summed E-state index contributed by atoms with van der Waals surface area (Å²) in [7, 11) is 0. The predicted octanol–water partition coefficient (Wildman–Crippen LogP) is 2.37. The highest BCUT2D eigenvalue weighted by Gasteiger charge is 2.18. The lowest BCUT2D eigenvalue weighted by Gasteiger charge is -2.35. The molecule has 0 radical (unpaired) electrons. The first-order chi connectivity index (χ1) is 11.2. The highest BCUT2D eigenvalue weighted by Crippen LogP contribution is 2.16. The van der Waals surface area contributed by atoms with E-state index < -0.39 is 0 Å². The standard InChI is InChI=1S/C17H22FN5/c1-2-19-17-20-7-6-16(21-17)23-10-8-22(9-11-23)13-14-4-3-5-15(18)12-14/h3-7,12H,2,8-11,13H2,1H3,(H,19,20,21). The van der Waals surface area contributed by atoms with Gasteiger partial charge in [0, 0.05) is 45.5 Å². The number of piperazine rings is 1. The molecule has 1 N–H and O–H groups in total. The van der Waals surface area contributed by atoms with Crippen molar-refractivity contribution in [3.8, 4) is 0 Å². The maximum atomic E-state index is 13.3. The Hall–Kier alpha value is -2.21. The van der Waals surface area contributed by atoms with E-state index in [1.54, 1.807) is 18.3 Å². The average Bonchev–Trinajstić information content (AvgIpc) is 2.56. The second-order valence-corrected chi connectivity index (χ2v) is 5.66. The Labute approximate surface area is 136 Å². The lowest BCUT2D eigenvalue weighted by molar-refractivity contribution is 0.249. The van der Waals surface area contributed by atoms with E-state index in [9.17, 15) is 4.39 Å². The first-order valence-electron chi connectivity index (χ1n) is 8.03. The molecule has 0 atom stereocenters. The Balaban J connectivity index is 1.57. The number of aromatic nitrogens is 2. The Kier molecular flexibility index (Phi) is 5.02. The highest BCUT2D eigenvalue weighted by molar-refractivity contribution is 5.42. The number of nitrogens with zero attached hydrogens (tertiary/aromatic N) is 4. The average molecular weight is 315 g/mol. The quantitative estimate of drug-likeness (QED) is 0.918. The minimum atomic E-state index is -0.168. The summed E-state index contributed by atoms with van der Waals surface area (Å²) in [5.74, 6) is 1.46. The summed E-state index contributed by atoms with van der Waals surface area (Å²) in [4.78, 5) is 13.4. The summed E-state index contributed by atoms with van der Waals surface area (Å²) in [6.07, 6.45) is 1.79. The molecule has 0 amide bonds. The van der Waals surface area contributed by atoms with Crippen LogP contribution >= 0.6 is 0 Å². The molecule has 1 fully saturated rings. The van der Waals surface area contributed by atoms with Crippen LogP contribution in [0.4, 0.5) is 16.2 Å². The minimum Gasteiger partial charge on any atom is -0.354 e. The van der Waals surface area contributed by atoms with E-state index >= 15 is 0 Å². The number of hydrogen-bond acceptors (Lipinski definition) is 5. The van der Waals surface area contributed by atoms with Gasteiger partial charge in [0.15, 0.2) is 0 Å². The van der Waals surface area contributed by atoms with E-state index in [0.29, 0.717) is 5.95 Å². The van der Waals surface area contributed by atoms with Gasteiger partial charge in [0.25, 0.3) is 0 Å². The van der Waals surface area contributed by atoms with E-state index in [1.165, 1.54) is 6.07 Å². The molecule has 2 aromatic rings. The van der Waals surface area contributed by atoms with Crippen LogP contribution in [0.5, 0.6) is 0 Å². The van der Waals surface area contributed by atoms with Crippen molar-refractivity contribution in [1.82, 2.24) is 14.9 Å². The monoisotopic (exact) mass is 315 g/mol. The van der Waals surface area contributed by atoms with Crippen LogP contribution in [0.1, 0.15) is 12.5 Å². The molecule has 5 nitrogen and oxygen atoms in total. The van der Waals surface area contributed by atoms with Gasteiger partial charge in [0.2, 0.25) is 5.95 Å². The van der Waals surface area contributed by atoms with Crippen molar-refractivity contribution < 1.29 is 4.39 Å². The molecule has 0 spiro atoms. The SMILES string of the molecule is CCNc1nccc(N2CCN(Cc3cccc(F)c3)CC2)n1. The van der Waals surface area contributed by atoms with Crippen molar-refractivity contribution in [1.29, 1.82) is 0 Å². The van der Waals surface area contributed by atoms with E-state index in [0.717, 1.165) is 50.6 Å². The molecule has 6 heteroatoms. The molecule has 3 rings (SSSR count). The summed E-state index contributed by atoms with van der Waals surface area (Å²) in [6, 6.07) is 8.79. The summed E-state index contributed by atoms with van der Waals surface area (Å²) in [6.45, 7) is 7.34. The molecular formula is C17H22FN5. The van der Waals surface area contributed by atoms with Crippen LogP contribution in [0.2, 0.25) is 0 Å². The second kappa shape index (κ2) is 7.37. The van der Waals surface area contributed by atoms with Crippen LogP contribution in [-0.2, 0) is 6.54 Å². The fourth-order valence-electron chi connectivity index (χ4n) is 2.80. The largest absolute Gasteiger partial charge is 0.354 e. The van der Waals surface area contributed by atoms with Crippen LogP contribution in [0.3, 0.4) is 0 Å². The van der Waals surface area contributed by atoms with Gasteiger partial charge in [-0.05, 0) is 30.7 Å². The van der Waals surface area contributed by atoms with Gasteiger partial charge in [-0.1, -0.05) is 12.1 Å². The number of benzene rings is 1. The van der Waals surface area contributed by atoms with Gasteiger partial charge in [-0.15, -0.1) is 0 Å². The molecule has 23 heavy (non-hydrogen) atoms. The third kappa shape index (κ3) is 4.16. The molecule has 1 aromatic heterocycles. The number of anilines is 2. The van der Waals surface area contributed by atoms with E-state index in [-0.39, 0.29) is 5.82 Å². The zero-order valence-corrected chi connectivity index (χ0v) is 13.4. The summed E-state index contributed by atoms with van der Waals surface area (Å²) in [5.41, 5.74) is 1.02. The molecule has 0 saturated carbocycles. The Morgan fingerprint density at radius 3 is 2.74 bits per heavy atom. The van der Waals surface area contributed by atoms with Crippen molar-refractivity contribution in [3.63, 3.8) is 0 Å². The van der Waals surface area contributed by atoms with Gasteiger partial charge in [-0.3, -0.25) is 4.90 Å². The molecule has 0 bridgehead atoms. The van der Waals surface area contributed by atoms with Gasteiger partial charge in [0.05, 0.1) is 0 Å². The van der Waals surface area contributed by atoms with Gasteiger partial charge in [-0.2, -0.15) is 4.98 Å². The molecule has 2 heterocycles. The van der Waals surface area contributed by atoms with Crippen LogP contribution in [0, 0.1) is 5.82 Å². The predicted molar refractivity (Wildman–Crippen MR) is 90.1 cm³/mol. The minimum absolute atomic E-state index is 0.168. The van der Waals surface area contributed by atoms with Gasteiger partial charge < -0.3 is 10.2 Å². The Morgan fingerprint density at radius 1 is 1.17 bits per heavy atom. The Morgan fingerprint density at radius 2 is 2.00 bits per heavy atom. The molecule has 122 valence electrons. The maximum absolute atomic E-state index is 13.3. The maximum Gasteiger partial charge on any atom is 0.224 e. The molecule has 0 unspecified atom stereocenters. The summed E-state index contributed by atoms with van der Waals surface area (Å²) < 4.78 is 13.3. The van der Waals surface area contributed by atoms with E-state index in [4.69, 9.17) is 0 Å². The molecular weight excluding hydrogens is 293 g/mol. The van der Waals surface area contributed by atoms with Gasteiger partial charge >= 0.3 is 0 Å². The van der Waals surface area contributed by atoms with Crippen molar-refractivity contribution in [2.24, 2.45) is 0 Å². The summed E-state index contributed by atoms with van der Waals surface area (Å²) >= 11 is 0. The highest BCUT2D eigenvalue weighted by atomic mass is 19.1. The molecule has 1 aromatic carbocycles. The lowest BCUT2D eigenvalue weighted by Crippen LogP contribution is -2.46. The normalized spacial score (nSPS) is 15.7. The fourth-order valence-corrected chi connectivity index (χ4v) is 2.80. The second-order valence-electron chi connectivity index (χ2n) is 5.66. The lowest BCUT2D eigenvalue weighted by atomic mass is 10.2. The number of hydrogen-bond donors (Lipinski definition) is 1. The molecule has 1 aliphatic rings. The van der Waals surface area contributed by atoms with Crippen molar-refractivity contribution in [2.75, 3.05) is 42.9 Å². The smallest absolute Gasteiger partial charge is 0.224 e. The van der Waals surface area contributed by atoms with Crippen LogP contribution in [0.15, 0.2) is 36.5 Å². The summed E-state index contributed by atoms with van der Waals surface area (Å²) in [5, 5.41) is 3.14. The molecule has 0 aliphatic carbocycles. The Bertz CT molecular complexity index is 640. The first-order valence-corrected chi connectivity index (χ1v) is 8.03. The van der Waals surface area contributed by atoms with Crippen molar-refractivity contribution in [2.45, 2.75) is 13.5 Å². The third-order valence-corrected chi connectivity index (χ3v) is 3.97. The van der Waals surface area contributed by atoms with Crippen LogP contribution in [0.25, 0.3) is 0 Å². The first kappa shape index (κ1) is 15.7. The molecule has 1 saturated heterocycles. The van der Waals surface area contributed by atoms with Crippen LogP contribution in [-0.4, -0.2) is 47.6 Å². The zero-order chi connectivity index (χ0) is 16.1. The van der Waals surface area contributed by atoms with Gasteiger partial charge in [0.1, 0.15) is 11.6 Å². The fraction of sp³-hybridized carbons (Fsp3) is 0.412. The van der Waals surface area contributed by atoms with E-state index in [2.05, 4.69) is 25.1 Å². The van der Waals surface area contributed by atoms with Crippen molar-refractivity contribution >= 4 is 11.8 Å².